The number of rotatable bonds is 5. The van der Waals surface area contributed by atoms with E-state index in [0.29, 0.717) is 6.42 Å². The summed E-state index contributed by atoms with van der Waals surface area (Å²) in [7, 11) is -4.63. The van der Waals surface area contributed by atoms with Crippen LogP contribution in [0.15, 0.2) is 0 Å². The second kappa shape index (κ2) is 4.36. The van der Waals surface area contributed by atoms with E-state index in [-0.39, 0.29) is 12.8 Å². The van der Waals surface area contributed by atoms with Crippen LogP contribution in [0.5, 0.6) is 0 Å². The smallest absolute Gasteiger partial charge is 0.297 e. The summed E-state index contributed by atoms with van der Waals surface area (Å²) in [5.41, 5.74) is 0. The van der Waals surface area contributed by atoms with E-state index in [2.05, 4.69) is 0 Å². The molecule has 0 fully saturated rings. The fourth-order valence-corrected chi connectivity index (χ4v) is 2.12. The lowest BCUT2D eigenvalue weighted by Crippen LogP contribution is -2.48. The highest BCUT2D eigenvalue weighted by molar-refractivity contribution is 7.87. The minimum absolute atomic E-state index is 0.0658. The molecule has 5 nitrogen and oxygen atoms in total. The van der Waals surface area contributed by atoms with Crippen molar-refractivity contribution in [2.45, 2.75) is 44.1 Å². The molecule has 3 N–H and O–H groups in total. The van der Waals surface area contributed by atoms with Crippen LogP contribution in [0.4, 0.5) is 0 Å². The molecule has 0 amide bonds. The van der Waals surface area contributed by atoms with Crippen molar-refractivity contribution >= 4 is 10.1 Å². The lowest BCUT2D eigenvalue weighted by atomic mass is 10.1. The van der Waals surface area contributed by atoms with E-state index >= 15 is 0 Å². The summed E-state index contributed by atoms with van der Waals surface area (Å²) in [5.74, 6) is 0. The van der Waals surface area contributed by atoms with Crippen molar-refractivity contribution in [1.29, 1.82) is 0 Å². The minimum atomic E-state index is -4.63. The van der Waals surface area contributed by atoms with Gasteiger partial charge in [0.2, 0.25) is 4.93 Å². The molecule has 2 unspecified atom stereocenters. The Morgan fingerprint density at radius 1 is 1.38 bits per heavy atom. The third kappa shape index (κ3) is 2.63. The molecule has 6 heteroatoms. The lowest BCUT2D eigenvalue weighted by Gasteiger charge is -2.28. The molecule has 13 heavy (non-hydrogen) atoms. The average Bonchev–Trinajstić information content (AvgIpc) is 2.01. The summed E-state index contributed by atoms with van der Waals surface area (Å²) in [6, 6.07) is 0. The van der Waals surface area contributed by atoms with Gasteiger partial charge in [0.05, 0.1) is 6.10 Å². The van der Waals surface area contributed by atoms with Gasteiger partial charge in [-0.25, -0.2) is 0 Å². The molecule has 0 spiro atoms. The van der Waals surface area contributed by atoms with Crippen molar-refractivity contribution in [1.82, 2.24) is 0 Å². The predicted octanol–water partition coefficient (Wildman–Crippen LogP) is 0.134. The first kappa shape index (κ1) is 12.8. The Morgan fingerprint density at radius 2 is 1.85 bits per heavy atom. The van der Waals surface area contributed by atoms with Crippen LogP contribution in [0.1, 0.15) is 33.1 Å². The highest BCUT2D eigenvalue weighted by Crippen LogP contribution is 2.25. The van der Waals surface area contributed by atoms with Crippen LogP contribution in [0.2, 0.25) is 0 Å². The van der Waals surface area contributed by atoms with Gasteiger partial charge in [-0.2, -0.15) is 8.42 Å². The standard InChI is InChI=1S/C7H16O5S/c1-3-5-7(9,6(8)4-2)13(10,11)12/h6,8-9H,3-5H2,1-2H3,(H,10,11,12). The van der Waals surface area contributed by atoms with E-state index in [1.165, 1.54) is 6.92 Å². The largest absolute Gasteiger partial charge is 0.389 e. The molecule has 0 aromatic heterocycles. The van der Waals surface area contributed by atoms with Crippen LogP contribution in [0, 0.1) is 0 Å². The average molecular weight is 212 g/mol. The quantitative estimate of drug-likeness (QED) is 0.563. The summed E-state index contributed by atoms with van der Waals surface area (Å²) >= 11 is 0. The van der Waals surface area contributed by atoms with Crippen molar-refractivity contribution in [3.63, 3.8) is 0 Å². The van der Waals surface area contributed by atoms with E-state index in [1.807, 2.05) is 0 Å². The Kier molecular flexibility index (Phi) is 4.31. The van der Waals surface area contributed by atoms with Crippen molar-refractivity contribution in [2.24, 2.45) is 0 Å². The Bertz CT molecular complexity index is 248. The molecule has 0 saturated heterocycles. The van der Waals surface area contributed by atoms with Crippen LogP contribution in [-0.4, -0.2) is 34.2 Å². The van der Waals surface area contributed by atoms with Crippen LogP contribution < -0.4 is 0 Å². The summed E-state index contributed by atoms with van der Waals surface area (Å²) < 4.78 is 30.3. The molecule has 0 aromatic carbocycles. The molecule has 80 valence electrons. The zero-order valence-corrected chi connectivity index (χ0v) is 8.58. The number of hydrogen-bond acceptors (Lipinski definition) is 4. The van der Waals surface area contributed by atoms with Gasteiger partial charge >= 0.3 is 0 Å². The predicted molar refractivity (Wildman–Crippen MR) is 47.7 cm³/mol. The molecule has 0 saturated carbocycles. The Labute approximate surface area is 78.1 Å². The van der Waals surface area contributed by atoms with Crippen LogP contribution in [0.3, 0.4) is 0 Å². The van der Waals surface area contributed by atoms with E-state index in [4.69, 9.17) is 4.55 Å². The molecule has 0 rings (SSSR count). The maximum atomic E-state index is 10.8. The van der Waals surface area contributed by atoms with E-state index in [1.54, 1.807) is 6.92 Å². The fraction of sp³-hybridized carbons (Fsp3) is 1.00. The minimum Gasteiger partial charge on any atom is -0.389 e. The molecule has 2 atom stereocenters. The first-order valence-corrected chi connectivity index (χ1v) is 5.61. The van der Waals surface area contributed by atoms with E-state index in [9.17, 15) is 18.6 Å². The first-order valence-electron chi connectivity index (χ1n) is 4.17. The molecule has 0 bridgehead atoms. The maximum absolute atomic E-state index is 10.8. The van der Waals surface area contributed by atoms with Crippen molar-refractivity contribution in [3.8, 4) is 0 Å². The van der Waals surface area contributed by atoms with Gasteiger partial charge in [-0.15, -0.1) is 0 Å². The molecule has 0 aliphatic rings. The molecule has 0 aliphatic heterocycles. The molecule has 0 radical (unpaired) electrons. The zero-order chi connectivity index (χ0) is 10.7. The Hall–Kier alpha value is -0.170. The lowest BCUT2D eigenvalue weighted by molar-refractivity contribution is -0.0264. The van der Waals surface area contributed by atoms with Crippen LogP contribution >= 0.6 is 0 Å². The molecular weight excluding hydrogens is 196 g/mol. The Morgan fingerprint density at radius 3 is 2.08 bits per heavy atom. The number of hydrogen-bond donors (Lipinski definition) is 3. The monoisotopic (exact) mass is 212 g/mol. The molecular formula is C7H16O5S. The second-order valence-electron chi connectivity index (χ2n) is 2.99. The van der Waals surface area contributed by atoms with Gasteiger partial charge in [-0.05, 0) is 12.8 Å². The summed E-state index contributed by atoms with van der Waals surface area (Å²) in [6.45, 7) is 3.18. The van der Waals surface area contributed by atoms with Crippen LogP contribution in [-0.2, 0) is 10.1 Å². The summed E-state index contributed by atoms with van der Waals surface area (Å²) in [4.78, 5) is -2.42. The van der Waals surface area contributed by atoms with Crippen molar-refractivity contribution < 1.29 is 23.2 Å². The van der Waals surface area contributed by atoms with E-state index in [0.717, 1.165) is 0 Å². The summed E-state index contributed by atoms with van der Waals surface area (Å²) in [5, 5.41) is 18.8. The molecule has 0 heterocycles. The van der Waals surface area contributed by atoms with Gasteiger partial charge in [0.15, 0.2) is 0 Å². The number of aliphatic hydroxyl groups excluding tert-OH is 1. The van der Waals surface area contributed by atoms with Gasteiger partial charge in [0.25, 0.3) is 10.1 Å². The van der Waals surface area contributed by atoms with Crippen LogP contribution in [0.25, 0.3) is 0 Å². The van der Waals surface area contributed by atoms with Crippen molar-refractivity contribution in [2.75, 3.05) is 0 Å². The van der Waals surface area contributed by atoms with Gasteiger partial charge in [0.1, 0.15) is 0 Å². The SMILES string of the molecule is CCCC(O)(C(O)CC)S(=O)(=O)O. The molecule has 0 aromatic rings. The fourth-order valence-electron chi connectivity index (χ4n) is 1.14. The maximum Gasteiger partial charge on any atom is 0.297 e. The van der Waals surface area contributed by atoms with E-state index < -0.39 is 21.2 Å². The first-order chi connectivity index (χ1) is 5.79. The zero-order valence-electron chi connectivity index (χ0n) is 7.77. The van der Waals surface area contributed by atoms with Crippen molar-refractivity contribution in [3.05, 3.63) is 0 Å². The molecule has 0 aliphatic carbocycles. The Balaban J connectivity index is 4.95. The number of aliphatic hydroxyl groups is 2. The topological polar surface area (TPSA) is 94.8 Å². The summed E-state index contributed by atoms with van der Waals surface area (Å²) in [6.07, 6.45) is -1.22. The van der Waals surface area contributed by atoms with Gasteiger partial charge in [0, 0.05) is 0 Å². The normalized spacial score (nSPS) is 19.5. The highest BCUT2D eigenvalue weighted by atomic mass is 32.2. The third-order valence-electron chi connectivity index (χ3n) is 1.96. The highest BCUT2D eigenvalue weighted by Gasteiger charge is 2.45. The second-order valence-corrected chi connectivity index (χ2v) is 4.65. The van der Waals surface area contributed by atoms with Gasteiger partial charge < -0.3 is 10.2 Å². The third-order valence-corrected chi connectivity index (χ3v) is 3.33. The van der Waals surface area contributed by atoms with Gasteiger partial charge in [-0.3, -0.25) is 4.55 Å². The van der Waals surface area contributed by atoms with Gasteiger partial charge in [-0.1, -0.05) is 20.3 Å².